The van der Waals surface area contributed by atoms with Gasteiger partial charge < -0.3 is 10.0 Å². The summed E-state index contributed by atoms with van der Waals surface area (Å²) in [6.45, 7) is 2.74. The SMILES string of the molecule is CS(=O)(=O)c1cccc(C2(O)CCN(CCI)CC2)c1. The van der Waals surface area contributed by atoms with Crippen LogP contribution in [-0.4, -0.2) is 48.7 Å². The molecule has 6 heteroatoms. The summed E-state index contributed by atoms with van der Waals surface area (Å²) in [6, 6.07) is 6.72. The van der Waals surface area contributed by atoms with Crippen LogP contribution in [0.2, 0.25) is 0 Å². The molecule has 0 saturated carbocycles. The van der Waals surface area contributed by atoms with Crippen molar-refractivity contribution in [1.82, 2.24) is 4.90 Å². The fourth-order valence-electron chi connectivity index (χ4n) is 2.57. The van der Waals surface area contributed by atoms with Crippen molar-refractivity contribution in [2.24, 2.45) is 0 Å². The van der Waals surface area contributed by atoms with Crippen LogP contribution in [0.3, 0.4) is 0 Å². The van der Waals surface area contributed by atoms with Crippen LogP contribution in [0.15, 0.2) is 29.2 Å². The first kappa shape index (κ1) is 16.2. The van der Waals surface area contributed by atoms with E-state index in [1.807, 2.05) is 6.07 Å². The normalized spacial score (nSPS) is 19.9. The molecule has 20 heavy (non-hydrogen) atoms. The number of hydrogen-bond acceptors (Lipinski definition) is 4. The molecule has 1 N–H and O–H groups in total. The number of likely N-dealkylation sites (tertiary alicyclic amines) is 1. The van der Waals surface area contributed by atoms with Crippen molar-refractivity contribution in [3.8, 4) is 0 Å². The van der Waals surface area contributed by atoms with Crippen molar-refractivity contribution >= 4 is 32.4 Å². The minimum atomic E-state index is -3.23. The molecule has 0 aromatic heterocycles. The largest absolute Gasteiger partial charge is 0.385 e. The highest BCUT2D eigenvalue weighted by Gasteiger charge is 2.34. The Morgan fingerprint density at radius 1 is 1.35 bits per heavy atom. The van der Waals surface area contributed by atoms with Crippen LogP contribution in [0.1, 0.15) is 18.4 Å². The minimum Gasteiger partial charge on any atom is -0.385 e. The van der Waals surface area contributed by atoms with E-state index in [1.165, 1.54) is 6.26 Å². The van der Waals surface area contributed by atoms with Crippen LogP contribution in [0.5, 0.6) is 0 Å². The molecule has 1 aromatic rings. The Kier molecular flexibility index (Phi) is 5.09. The molecule has 4 nitrogen and oxygen atoms in total. The monoisotopic (exact) mass is 409 g/mol. The zero-order valence-corrected chi connectivity index (χ0v) is 14.5. The molecule has 1 heterocycles. The Balaban J connectivity index is 2.20. The number of sulfone groups is 1. The summed E-state index contributed by atoms with van der Waals surface area (Å²) in [5.41, 5.74) is -0.183. The lowest BCUT2D eigenvalue weighted by molar-refractivity contribution is -0.0245. The number of halogens is 1. The van der Waals surface area contributed by atoms with Gasteiger partial charge in [0.2, 0.25) is 0 Å². The third-order valence-corrected chi connectivity index (χ3v) is 5.48. The predicted octanol–water partition coefficient (Wildman–Crippen LogP) is 1.81. The summed E-state index contributed by atoms with van der Waals surface area (Å²) >= 11 is 2.35. The van der Waals surface area contributed by atoms with E-state index >= 15 is 0 Å². The molecule has 0 unspecified atom stereocenters. The van der Waals surface area contributed by atoms with E-state index in [0.717, 1.165) is 29.6 Å². The highest BCUT2D eigenvalue weighted by molar-refractivity contribution is 14.1. The Morgan fingerprint density at radius 2 is 2.00 bits per heavy atom. The molecule has 1 aliphatic rings. The second-order valence-electron chi connectivity index (χ2n) is 5.36. The second-order valence-corrected chi connectivity index (χ2v) is 8.46. The highest BCUT2D eigenvalue weighted by Crippen LogP contribution is 2.33. The number of piperidine rings is 1. The van der Waals surface area contributed by atoms with Gasteiger partial charge in [-0.2, -0.15) is 0 Å². The van der Waals surface area contributed by atoms with E-state index in [2.05, 4.69) is 27.5 Å². The highest BCUT2D eigenvalue weighted by atomic mass is 127. The van der Waals surface area contributed by atoms with E-state index in [9.17, 15) is 13.5 Å². The molecule has 2 rings (SSSR count). The minimum absolute atomic E-state index is 0.276. The first-order valence-electron chi connectivity index (χ1n) is 6.66. The van der Waals surface area contributed by atoms with Crippen LogP contribution in [0.4, 0.5) is 0 Å². The summed E-state index contributed by atoms with van der Waals surface area (Å²) < 4.78 is 24.3. The molecule has 0 bridgehead atoms. The molecular weight excluding hydrogens is 389 g/mol. The lowest BCUT2D eigenvalue weighted by Crippen LogP contribution is -2.43. The van der Waals surface area contributed by atoms with Crippen LogP contribution in [-0.2, 0) is 15.4 Å². The van der Waals surface area contributed by atoms with E-state index < -0.39 is 15.4 Å². The summed E-state index contributed by atoms with van der Waals surface area (Å²) in [4.78, 5) is 2.61. The van der Waals surface area contributed by atoms with Crippen LogP contribution in [0, 0.1) is 0 Å². The number of aliphatic hydroxyl groups is 1. The summed E-state index contributed by atoms with van der Waals surface area (Å²) in [6.07, 6.45) is 2.49. The number of hydrogen-bond donors (Lipinski definition) is 1. The van der Waals surface area contributed by atoms with Crippen molar-refractivity contribution in [3.05, 3.63) is 29.8 Å². The Morgan fingerprint density at radius 3 is 2.55 bits per heavy atom. The molecule has 0 spiro atoms. The van der Waals surface area contributed by atoms with Gasteiger partial charge in [-0.05, 0) is 30.5 Å². The zero-order chi connectivity index (χ0) is 14.8. The van der Waals surface area contributed by atoms with Gasteiger partial charge in [0.05, 0.1) is 10.5 Å². The first-order chi connectivity index (χ1) is 9.35. The molecule has 0 amide bonds. The lowest BCUT2D eigenvalue weighted by atomic mass is 9.84. The van der Waals surface area contributed by atoms with Crippen LogP contribution < -0.4 is 0 Å². The van der Waals surface area contributed by atoms with E-state index in [0.29, 0.717) is 12.8 Å². The zero-order valence-electron chi connectivity index (χ0n) is 11.5. The smallest absolute Gasteiger partial charge is 0.175 e. The molecule has 1 fully saturated rings. The molecule has 0 radical (unpaired) electrons. The summed E-state index contributed by atoms with van der Waals surface area (Å²) in [7, 11) is -3.23. The van der Waals surface area contributed by atoms with Crippen molar-refractivity contribution in [1.29, 1.82) is 0 Å². The van der Waals surface area contributed by atoms with Crippen molar-refractivity contribution in [3.63, 3.8) is 0 Å². The van der Waals surface area contributed by atoms with Gasteiger partial charge in [-0.1, -0.05) is 34.7 Å². The lowest BCUT2D eigenvalue weighted by Gasteiger charge is -2.38. The van der Waals surface area contributed by atoms with Crippen molar-refractivity contribution in [2.45, 2.75) is 23.3 Å². The maximum Gasteiger partial charge on any atom is 0.175 e. The predicted molar refractivity (Wildman–Crippen MR) is 88.0 cm³/mol. The maximum atomic E-state index is 11.6. The fraction of sp³-hybridized carbons (Fsp3) is 0.571. The van der Waals surface area contributed by atoms with Gasteiger partial charge in [-0.15, -0.1) is 0 Å². The van der Waals surface area contributed by atoms with Gasteiger partial charge in [0.25, 0.3) is 0 Å². The van der Waals surface area contributed by atoms with E-state index in [-0.39, 0.29) is 4.90 Å². The standard InChI is InChI=1S/C14H20INO3S/c1-20(18,19)13-4-2-3-12(11-13)14(17)5-8-16(9-6-14)10-7-15/h2-4,11,17H,5-10H2,1H3. The second kappa shape index (κ2) is 6.29. The van der Waals surface area contributed by atoms with E-state index in [4.69, 9.17) is 0 Å². The molecule has 1 aromatic carbocycles. The Labute approximate surface area is 134 Å². The van der Waals surface area contributed by atoms with Crippen LogP contribution >= 0.6 is 22.6 Å². The van der Waals surface area contributed by atoms with Gasteiger partial charge in [0, 0.05) is 30.3 Å². The summed E-state index contributed by atoms with van der Waals surface area (Å²) in [5, 5.41) is 10.8. The Hall–Kier alpha value is -0.180. The number of nitrogens with zero attached hydrogens (tertiary/aromatic N) is 1. The summed E-state index contributed by atoms with van der Waals surface area (Å²) in [5.74, 6) is 0. The average Bonchev–Trinajstić information content (AvgIpc) is 2.41. The topological polar surface area (TPSA) is 57.6 Å². The molecule has 1 aliphatic heterocycles. The number of benzene rings is 1. The van der Waals surface area contributed by atoms with Gasteiger partial charge in [0.15, 0.2) is 9.84 Å². The average molecular weight is 409 g/mol. The Bertz CT molecular complexity index is 566. The molecule has 0 atom stereocenters. The fourth-order valence-corrected chi connectivity index (χ4v) is 3.92. The third-order valence-electron chi connectivity index (χ3n) is 3.88. The number of rotatable bonds is 4. The van der Waals surface area contributed by atoms with Crippen molar-refractivity contribution < 1.29 is 13.5 Å². The first-order valence-corrected chi connectivity index (χ1v) is 10.1. The molecule has 112 valence electrons. The quantitative estimate of drug-likeness (QED) is 0.609. The third kappa shape index (κ3) is 3.72. The van der Waals surface area contributed by atoms with Crippen molar-refractivity contribution in [2.75, 3.05) is 30.3 Å². The van der Waals surface area contributed by atoms with Gasteiger partial charge in [-0.25, -0.2) is 8.42 Å². The number of alkyl halides is 1. The molecular formula is C14H20INO3S. The van der Waals surface area contributed by atoms with Crippen LogP contribution in [0.25, 0.3) is 0 Å². The van der Waals surface area contributed by atoms with Gasteiger partial charge >= 0.3 is 0 Å². The van der Waals surface area contributed by atoms with E-state index in [1.54, 1.807) is 18.2 Å². The van der Waals surface area contributed by atoms with Gasteiger partial charge in [-0.3, -0.25) is 0 Å². The molecule has 0 aliphatic carbocycles. The molecule has 1 saturated heterocycles. The maximum absolute atomic E-state index is 11.6. The van der Waals surface area contributed by atoms with Gasteiger partial charge in [0.1, 0.15) is 0 Å².